The SMILES string of the molecule is COc1ccc(CNC(=O)c2ccnc(Cl)c2)cc1. The van der Waals surface area contributed by atoms with Crippen molar-refractivity contribution >= 4 is 17.5 Å². The monoisotopic (exact) mass is 276 g/mol. The van der Waals surface area contributed by atoms with Gasteiger partial charge in [-0.2, -0.15) is 0 Å². The molecule has 1 aromatic heterocycles. The number of methoxy groups -OCH3 is 1. The third-order valence-corrected chi connectivity index (χ3v) is 2.81. The number of pyridine rings is 1. The van der Waals surface area contributed by atoms with Crippen molar-refractivity contribution < 1.29 is 9.53 Å². The lowest BCUT2D eigenvalue weighted by atomic mass is 10.2. The minimum atomic E-state index is -0.180. The van der Waals surface area contributed by atoms with Crippen LogP contribution in [0.15, 0.2) is 42.6 Å². The van der Waals surface area contributed by atoms with Gasteiger partial charge in [0.15, 0.2) is 0 Å². The van der Waals surface area contributed by atoms with Gasteiger partial charge >= 0.3 is 0 Å². The molecule has 19 heavy (non-hydrogen) atoms. The Balaban J connectivity index is 1.96. The van der Waals surface area contributed by atoms with E-state index in [9.17, 15) is 4.79 Å². The number of halogens is 1. The molecule has 4 nitrogen and oxygen atoms in total. The smallest absolute Gasteiger partial charge is 0.251 e. The lowest BCUT2D eigenvalue weighted by Gasteiger charge is -2.06. The van der Waals surface area contributed by atoms with Gasteiger partial charge in [0, 0.05) is 18.3 Å². The maximum Gasteiger partial charge on any atom is 0.251 e. The number of rotatable bonds is 4. The van der Waals surface area contributed by atoms with Gasteiger partial charge in [-0.05, 0) is 29.8 Å². The van der Waals surface area contributed by atoms with Crippen LogP contribution in [-0.4, -0.2) is 18.0 Å². The van der Waals surface area contributed by atoms with E-state index in [1.54, 1.807) is 13.2 Å². The van der Waals surface area contributed by atoms with Gasteiger partial charge in [0.2, 0.25) is 0 Å². The van der Waals surface area contributed by atoms with E-state index in [1.807, 2.05) is 24.3 Å². The van der Waals surface area contributed by atoms with Crippen LogP contribution < -0.4 is 10.1 Å². The highest BCUT2D eigenvalue weighted by atomic mass is 35.5. The van der Waals surface area contributed by atoms with Crippen molar-refractivity contribution in [2.45, 2.75) is 6.54 Å². The summed E-state index contributed by atoms with van der Waals surface area (Å²) in [6.45, 7) is 0.447. The predicted molar refractivity (Wildman–Crippen MR) is 73.4 cm³/mol. The number of hydrogen-bond donors (Lipinski definition) is 1. The largest absolute Gasteiger partial charge is 0.497 e. The summed E-state index contributed by atoms with van der Waals surface area (Å²) in [6, 6.07) is 10.7. The second-order valence-corrected chi connectivity index (χ2v) is 4.29. The van der Waals surface area contributed by atoms with E-state index in [-0.39, 0.29) is 5.91 Å². The molecule has 0 saturated carbocycles. The Labute approximate surface area is 116 Å². The van der Waals surface area contributed by atoms with Crippen LogP contribution in [0.25, 0.3) is 0 Å². The first-order chi connectivity index (χ1) is 9.19. The lowest BCUT2D eigenvalue weighted by molar-refractivity contribution is 0.0951. The molecule has 0 aliphatic rings. The third-order valence-electron chi connectivity index (χ3n) is 2.60. The Morgan fingerprint density at radius 2 is 2.05 bits per heavy atom. The molecular formula is C14H13ClN2O2. The summed E-state index contributed by atoms with van der Waals surface area (Å²) in [5.41, 5.74) is 1.49. The van der Waals surface area contributed by atoms with Gasteiger partial charge in [0.25, 0.3) is 5.91 Å². The summed E-state index contributed by atoms with van der Waals surface area (Å²) < 4.78 is 5.07. The third kappa shape index (κ3) is 3.69. The molecule has 5 heteroatoms. The van der Waals surface area contributed by atoms with Crippen LogP contribution in [0.2, 0.25) is 5.15 Å². The lowest BCUT2D eigenvalue weighted by Crippen LogP contribution is -2.22. The molecule has 0 aliphatic heterocycles. The first-order valence-electron chi connectivity index (χ1n) is 5.72. The van der Waals surface area contributed by atoms with Crippen molar-refractivity contribution in [3.8, 4) is 5.75 Å². The molecular weight excluding hydrogens is 264 g/mol. The summed E-state index contributed by atoms with van der Waals surface area (Å²) >= 11 is 5.73. The molecule has 0 unspecified atom stereocenters. The topological polar surface area (TPSA) is 51.2 Å². The van der Waals surface area contributed by atoms with E-state index < -0.39 is 0 Å². The molecule has 1 amide bonds. The Morgan fingerprint density at radius 3 is 2.68 bits per heavy atom. The first-order valence-corrected chi connectivity index (χ1v) is 6.09. The second-order valence-electron chi connectivity index (χ2n) is 3.90. The Kier molecular flexibility index (Phi) is 4.36. The van der Waals surface area contributed by atoms with Crippen LogP contribution in [0.4, 0.5) is 0 Å². The van der Waals surface area contributed by atoms with Crippen molar-refractivity contribution in [3.63, 3.8) is 0 Å². The number of benzene rings is 1. The molecule has 1 aromatic carbocycles. The zero-order chi connectivity index (χ0) is 13.7. The van der Waals surface area contributed by atoms with Crippen molar-refractivity contribution in [3.05, 3.63) is 58.9 Å². The number of hydrogen-bond acceptors (Lipinski definition) is 3. The van der Waals surface area contributed by atoms with Gasteiger partial charge in [-0.1, -0.05) is 23.7 Å². The quantitative estimate of drug-likeness (QED) is 0.874. The fourth-order valence-corrected chi connectivity index (χ4v) is 1.75. The summed E-state index contributed by atoms with van der Waals surface area (Å²) in [5.74, 6) is 0.608. The zero-order valence-corrected chi connectivity index (χ0v) is 11.1. The molecule has 0 fully saturated rings. The first kappa shape index (κ1) is 13.4. The normalized spacial score (nSPS) is 10.0. The number of ether oxygens (including phenoxy) is 1. The van der Waals surface area contributed by atoms with E-state index >= 15 is 0 Å². The number of nitrogens with one attached hydrogen (secondary N) is 1. The Hall–Kier alpha value is -2.07. The van der Waals surface area contributed by atoms with Crippen molar-refractivity contribution in [2.24, 2.45) is 0 Å². The number of nitrogens with zero attached hydrogens (tertiary/aromatic N) is 1. The molecule has 2 rings (SSSR count). The van der Waals surface area contributed by atoms with Crippen molar-refractivity contribution in [1.29, 1.82) is 0 Å². The molecule has 2 aromatic rings. The van der Waals surface area contributed by atoms with E-state index in [2.05, 4.69) is 10.3 Å². The van der Waals surface area contributed by atoms with Gasteiger partial charge in [-0.25, -0.2) is 4.98 Å². The summed E-state index contributed by atoms with van der Waals surface area (Å²) in [7, 11) is 1.62. The molecule has 0 bridgehead atoms. The molecule has 0 saturated heterocycles. The average molecular weight is 277 g/mol. The minimum Gasteiger partial charge on any atom is -0.497 e. The predicted octanol–water partition coefficient (Wildman–Crippen LogP) is 2.67. The van der Waals surface area contributed by atoms with E-state index in [4.69, 9.17) is 16.3 Å². The van der Waals surface area contributed by atoms with E-state index in [1.165, 1.54) is 12.3 Å². The number of carbonyl (C=O) groups is 1. The van der Waals surface area contributed by atoms with Crippen molar-refractivity contribution in [2.75, 3.05) is 7.11 Å². The minimum absolute atomic E-state index is 0.180. The molecule has 0 aliphatic carbocycles. The maximum atomic E-state index is 11.9. The second kappa shape index (κ2) is 6.20. The molecule has 0 spiro atoms. The molecule has 98 valence electrons. The molecule has 1 heterocycles. The number of carbonyl (C=O) groups excluding carboxylic acids is 1. The highest BCUT2D eigenvalue weighted by molar-refractivity contribution is 6.29. The average Bonchev–Trinajstić information content (AvgIpc) is 2.45. The summed E-state index contributed by atoms with van der Waals surface area (Å²) in [5, 5.41) is 3.12. The fraction of sp³-hybridized carbons (Fsp3) is 0.143. The summed E-state index contributed by atoms with van der Waals surface area (Å²) in [4.78, 5) is 15.7. The van der Waals surface area contributed by atoms with Gasteiger partial charge in [0.05, 0.1) is 7.11 Å². The van der Waals surface area contributed by atoms with Gasteiger partial charge in [-0.3, -0.25) is 4.79 Å². The summed E-state index contributed by atoms with van der Waals surface area (Å²) in [6.07, 6.45) is 1.50. The van der Waals surface area contributed by atoms with E-state index in [0.717, 1.165) is 11.3 Å². The van der Waals surface area contributed by atoms with Crippen molar-refractivity contribution in [1.82, 2.24) is 10.3 Å². The Bertz CT molecular complexity index is 570. The van der Waals surface area contributed by atoms with Crippen LogP contribution in [0.1, 0.15) is 15.9 Å². The molecule has 0 radical (unpaired) electrons. The molecule has 0 atom stereocenters. The van der Waals surface area contributed by atoms with Gasteiger partial charge in [-0.15, -0.1) is 0 Å². The van der Waals surface area contributed by atoms with Gasteiger partial charge < -0.3 is 10.1 Å². The molecule has 1 N–H and O–H groups in total. The number of amides is 1. The van der Waals surface area contributed by atoms with Crippen LogP contribution in [0, 0.1) is 0 Å². The standard InChI is InChI=1S/C14H13ClN2O2/c1-19-12-4-2-10(3-5-12)9-17-14(18)11-6-7-16-13(15)8-11/h2-8H,9H2,1H3,(H,17,18). The van der Waals surface area contributed by atoms with Crippen LogP contribution in [0.5, 0.6) is 5.75 Å². The highest BCUT2D eigenvalue weighted by Crippen LogP contribution is 2.11. The van der Waals surface area contributed by atoms with Gasteiger partial charge in [0.1, 0.15) is 10.9 Å². The highest BCUT2D eigenvalue weighted by Gasteiger charge is 2.05. The van der Waals surface area contributed by atoms with Crippen LogP contribution in [-0.2, 0) is 6.54 Å². The van der Waals surface area contributed by atoms with E-state index in [0.29, 0.717) is 17.3 Å². The maximum absolute atomic E-state index is 11.9. The zero-order valence-electron chi connectivity index (χ0n) is 10.4. The van der Waals surface area contributed by atoms with Crippen LogP contribution >= 0.6 is 11.6 Å². The Morgan fingerprint density at radius 1 is 1.32 bits per heavy atom. The fourth-order valence-electron chi connectivity index (χ4n) is 1.57. The number of aromatic nitrogens is 1. The van der Waals surface area contributed by atoms with Crippen LogP contribution in [0.3, 0.4) is 0 Å².